The van der Waals surface area contributed by atoms with Crippen LogP contribution in [-0.4, -0.2) is 60.1 Å². The van der Waals surface area contributed by atoms with Gasteiger partial charge in [0, 0.05) is 18.6 Å². The zero-order valence-electron chi connectivity index (χ0n) is 15.9. The predicted octanol–water partition coefficient (Wildman–Crippen LogP) is 0.356. The van der Waals surface area contributed by atoms with E-state index in [0.717, 1.165) is 37.0 Å². The number of nitrogens with zero attached hydrogens (tertiary/aromatic N) is 1. The summed E-state index contributed by atoms with van der Waals surface area (Å²) < 4.78 is 5.31. The molecule has 4 N–H and O–H groups in total. The zero-order chi connectivity index (χ0) is 19.2. The monoisotopic (exact) mass is 378 g/mol. The van der Waals surface area contributed by atoms with Crippen molar-refractivity contribution < 1.29 is 19.1 Å². The van der Waals surface area contributed by atoms with Gasteiger partial charge in [0.2, 0.25) is 11.8 Å². The van der Waals surface area contributed by atoms with Crippen LogP contribution in [0.25, 0.3) is 0 Å². The molecule has 1 aliphatic heterocycles. The summed E-state index contributed by atoms with van der Waals surface area (Å²) in [6.07, 6.45) is 6.32. The van der Waals surface area contributed by atoms with Gasteiger partial charge in [-0.1, -0.05) is 0 Å². The molecular formula is C19H30N4O4. The summed E-state index contributed by atoms with van der Waals surface area (Å²) in [7, 11) is 0. The number of rotatable bonds is 4. The molecule has 4 bridgehead atoms. The third kappa shape index (κ3) is 3.82. The van der Waals surface area contributed by atoms with Gasteiger partial charge < -0.3 is 15.8 Å². The Kier molecular flexibility index (Phi) is 4.88. The van der Waals surface area contributed by atoms with Crippen molar-refractivity contribution in [1.82, 2.24) is 15.5 Å². The molecule has 0 spiro atoms. The van der Waals surface area contributed by atoms with Gasteiger partial charge in [0.1, 0.15) is 6.10 Å². The fourth-order valence-corrected chi connectivity index (χ4v) is 6.11. The van der Waals surface area contributed by atoms with E-state index in [1.165, 1.54) is 19.3 Å². The number of primary amides is 1. The van der Waals surface area contributed by atoms with Gasteiger partial charge in [-0.05, 0) is 63.2 Å². The number of hydrogen-bond donors (Lipinski definition) is 3. The molecule has 8 heteroatoms. The summed E-state index contributed by atoms with van der Waals surface area (Å²) in [5.41, 5.74) is 5.17. The summed E-state index contributed by atoms with van der Waals surface area (Å²) in [5, 5.41) is 5.66. The van der Waals surface area contributed by atoms with Gasteiger partial charge >= 0.3 is 6.03 Å². The Morgan fingerprint density at radius 3 is 2.26 bits per heavy atom. The Morgan fingerprint density at radius 2 is 1.70 bits per heavy atom. The number of carbonyl (C=O) groups is 3. The molecule has 0 aromatic rings. The smallest absolute Gasteiger partial charge is 0.321 e. The Hall–Kier alpha value is -1.67. The second kappa shape index (κ2) is 7.05. The lowest BCUT2D eigenvalue weighted by molar-refractivity contribution is -0.140. The number of amides is 4. The van der Waals surface area contributed by atoms with Gasteiger partial charge in [-0.2, -0.15) is 0 Å². The number of hydrogen-bond acceptors (Lipinski definition) is 5. The Bertz CT molecular complexity index is 602. The first kappa shape index (κ1) is 18.7. The van der Waals surface area contributed by atoms with Crippen LogP contribution in [0.5, 0.6) is 0 Å². The van der Waals surface area contributed by atoms with Crippen molar-refractivity contribution in [3.8, 4) is 0 Å². The first-order chi connectivity index (χ1) is 12.8. The third-order valence-electron chi connectivity index (χ3n) is 7.00. The molecule has 2 unspecified atom stereocenters. The highest BCUT2D eigenvalue weighted by molar-refractivity contribution is 5.97. The van der Waals surface area contributed by atoms with Crippen LogP contribution in [-0.2, 0) is 14.3 Å². The van der Waals surface area contributed by atoms with Crippen molar-refractivity contribution in [1.29, 1.82) is 0 Å². The zero-order valence-corrected chi connectivity index (χ0v) is 15.9. The molecule has 27 heavy (non-hydrogen) atoms. The van der Waals surface area contributed by atoms with Gasteiger partial charge in [0.25, 0.3) is 0 Å². The SMILES string of the molecule is CC(C(=O)NC(=O)NC12CC3CC(CC(C3)C1)C2)N1CCOC(C(N)=O)C1. The predicted molar refractivity (Wildman–Crippen MR) is 97.5 cm³/mol. The Labute approximate surface area is 159 Å². The minimum absolute atomic E-state index is 0.127. The van der Waals surface area contributed by atoms with Crippen LogP contribution < -0.4 is 16.4 Å². The van der Waals surface area contributed by atoms with Crippen molar-refractivity contribution in [2.24, 2.45) is 23.5 Å². The van der Waals surface area contributed by atoms with Crippen LogP contribution in [0.2, 0.25) is 0 Å². The van der Waals surface area contributed by atoms with Gasteiger partial charge in [-0.3, -0.25) is 19.8 Å². The number of nitrogens with two attached hydrogens (primary N) is 1. The van der Waals surface area contributed by atoms with E-state index in [4.69, 9.17) is 10.5 Å². The van der Waals surface area contributed by atoms with Crippen molar-refractivity contribution in [3.05, 3.63) is 0 Å². The molecular weight excluding hydrogens is 348 g/mol. The average molecular weight is 378 g/mol. The molecule has 5 aliphatic rings. The Balaban J connectivity index is 1.31. The molecule has 8 nitrogen and oxygen atoms in total. The van der Waals surface area contributed by atoms with E-state index < -0.39 is 24.1 Å². The molecule has 4 amide bonds. The highest BCUT2D eigenvalue weighted by atomic mass is 16.5. The molecule has 150 valence electrons. The fraction of sp³-hybridized carbons (Fsp3) is 0.842. The summed E-state index contributed by atoms with van der Waals surface area (Å²) >= 11 is 0. The highest BCUT2D eigenvalue weighted by Crippen LogP contribution is 2.55. The van der Waals surface area contributed by atoms with Crippen LogP contribution in [0.3, 0.4) is 0 Å². The quantitative estimate of drug-likeness (QED) is 0.653. The second-order valence-corrected chi connectivity index (χ2v) is 9.07. The van der Waals surface area contributed by atoms with E-state index in [1.807, 2.05) is 4.90 Å². The maximum Gasteiger partial charge on any atom is 0.321 e. The maximum atomic E-state index is 12.5. The standard InChI is InChI=1S/C19H30N4O4/c1-11(23-2-3-27-15(10-23)16(20)24)17(25)21-18(26)22-19-7-12-4-13(8-19)6-14(5-12)9-19/h11-15H,2-10H2,1H3,(H2,20,24)(H2,21,22,25,26). The summed E-state index contributed by atoms with van der Waals surface area (Å²) in [6.45, 7) is 2.86. The van der Waals surface area contributed by atoms with E-state index in [2.05, 4.69) is 10.6 Å². The molecule has 0 aromatic heterocycles. The first-order valence-corrected chi connectivity index (χ1v) is 10.1. The van der Waals surface area contributed by atoms with Crippen LogP contribution in [0.4, 0.5) is 4.79 Å². The van der Waals surface area contributed by atoms with Gasteiger partial charge in [-0.15, -0.1) is 0 Å². The summed E-state index contributed by atoms with van der Waals surface area (Å²) in [4.78, 5) is 38.2. The Morgan fingerprint density at radius 1 is 1.11 bits per heavy atom. The molecule has 5 fully saturated rings. The number of urea groups is 1. The van der Waals surface area contributed by atoms with Gasteiger partial charge in [0.15, 0.2) is 0 Å². The molecule has 2 atom stereocenters. The number of ether oxygens (including phenoxy) is 1. The van der Waals surface area contributed by atoms with E-state index in [9.17, 15) is 14.4 Å². The van der Waals surface area contributed by atoms with E-state index in [1.54, 1.807) is 6.92 Å². The number of morpholine rings is 1. The van der Waals surface area contributed by atoms with Crippen molar-refractivity contribution in [2.45, 2.75) is 63.1 Å². The minimum atomic E-state index is -0.713. The summed E-state index contributed by atoms with van der Waals surface area (Å²) in [5.74, 6) is 1.29. The lowest BCUT2D eigenvalue weighted by atomic mass is 9.53. The normalized spacial score (nSPS) is 39.0. The van der Waals surface area contributed by atoms with E-state index in [-0.39, 0.29) is 18.0 Å². The largest absolute Gasteiger partial charge is 0.367 e. The molecule has 1 heterocycles. The van der Waals surface area contributed by atoms with Crippen molar-refractivity contribution in [3.63, 3.8) is 0 Å². The number of carbonyl (C=O) groups excluding carboxylic acids is 3. The van der Waals surface area contributed by atoms with Crippen molar-refractivity contribution >= 4 is 17.8 Å². The van der Waals surface area contributed by atoms with Crippen LogP contribution in [0.1, 0.15) is 45.4 Å². The second-order valence-electron chi connectivity index (χ2n) is 9.07. The molecule has 5 rings (SSSR count). The van der Waals surface area contributed by atoms with E-state index in [0.29, 0.717) is 13.2 Å². The lowest BCUT2D eigenvalue weighted by Crippen LogP contribution is -2.63. The topological polar surface area (TPSA) is 114 Å². The summed E-state index contributed by atoms with van der Waals surface area (Å²) in [6, 6.07) is -0.925. The first-order valence-electron chi connectivity index (χ1n) is 10.1. The molecule has 4 aliphatic carbocycles. The fourth-order valence-electron chi connectivity index (χ4n) is 6.11. The molecule has 4 saturated carbocycles. The molecule has 1 saturated heterocycles. The van der Waals surface area contributed by atoms with Gasteiger partial charge in [0.05, 0.1) is 12.6 Å². The van der Waals surface area contributed by atoms with Crippen LogP contribution in [0, 0.1) is 17.8 Å². The molecule has 0 radical (unpaired) electrons. The minimum Gasteiger partial charge on any atom is -0.367 e. The third-order valence-corrected chi connectivity index (χ3v) is 7.00. The van der Waals surface area contributed by atoms with Crippen molar-refractivity contribution in [2.75, 3.05) is 19.7 Å². The lowest BCUT2D eigenvalue weighted by Gasteiger charge is -2.56. The number of imide groups is 1. The average Bonchev–Trinajstić information content (AvgIpc) is 2.59. The molecule has 0 aromatic carbocycles. The maximum absolute atomic E-state index is 12.5. The number of nitrogens with one attached hydrogen (secondary N) is 2. The van der Waals surface area contributed by atoms with Crippen LogP contribution >= 0.6 is 0 Å². The van der Waals surface area contributed by atoms with Gasteiger partial charge in [-0.25, -0.2) is 4.79 Å². The van der Waals surface area contributed by atoms with Crippen LogP contribution in [0.15, 0.2) is 0 Å². The highest BCUT2D eigenvalue weighted by Gasteiger charge is 2.51. The van der Waals surface area contributed by atoms with E-state index >= 15 is 0 Å².